The second-order valence-electron chi connectivity index (χ2n) is 8.39. The minimum absolute atomic E-state index is 0.00114. The lowest BCUT2D eigenvalue weighted by molar-refractivity contribution is -0.245. The highest BCUT2D eigenvalue weighted by Gasteiger charge is 2.32. The van der Waals surface area contributed by atoms with Gasteiger partial charge >= 0.3 is 0 Å². The van der Waals surface area contributed by atoms with E-state index in [9.17, 15) is 9.90 Å². The molecule has 0 radical (unpaired) electrons. The van der Waals surface area contributed by atoms with Gasteiger partial charge in [0.1, 0.15) is 6.33 Å². The van der Waals surface area contributed by atoms with Crippen LogP contribution in [0.4, 0.5) is 5.69 Å². The van der Waals surface area contributed by atoms with E-state index in [-0.39, 0.29) is 24.7 Å². The van der Waals surface area contributed by atoms with Crippen LogP contribution in [-0.4, -0.2) is 38.1 Å². The first-order chi connectivity index (χ1) is 17.7. The number of rotatable bonds is 8. The van der Waals surface area contributed by atoms with Crippen LogP contribution in [0.3, 0.4) is 0 Å². The van der Waals surface area contributed by atoms with Crippen LogP contribution >= 0.6 is 11.8 Å². The summed E-state index contributed by atoms with van der Waals surface area (Å²) in [6, 6.07) is 24.4. The number of aromatic nitrogens is 3. The zero-order valence-electron chi connectivity index (χ0n) is 19.4. The van der Waals surface area contributed by atoms with Crippen molar-refractivity contribution < 1.29 is 19.4 Å². The van der Waals surface area contributed by atoms with Gasteiger partial charge in [-0.15, -0.1) is 0 Å². The molecule has 4 aromatic rings. The number of aliphatic hydroxyl groups excluding tert-OH is 1. The number of ether oxygens (including phenoxy) is 2. The summed E-state index contributed by atoms with van der Waals surface area (Å²) in [7, 11) is 0. The van der Waals surface area contributed by atoms with Gasteiger partial charge in [-0.2, -0.15) is 5.10 Å². The summed E-state index contributed by atoms with van der Waals surface area (Å²) in [5.74, 6) is 0.523. The molecule has 1 saturated heterocycles. The fraction of sp³-hybridized carbons (Fsp3) is 0.222. The number of H-pyrrole nitrogens is 1. The average molecular weight is 503 g/mol. The standard InChI is InChI=1S/C27H26N4O4S/c32-15-18-6-8-19(9-7-18)24-14-23(16-36-27-28-17-29-31-27)34-26(35-24)21-10-12-22(13-11-21)30-25(33)20-4-2-1-3-5-20/h1-13,17,23-24,26,32H,14-16H2,(H,30,33)(H,28,29,31)/t23-,24+,26+/m1/s1. The smallest absolute Gasteiger partial charge is 0.255 e. The molecular formula is C27H26N4O4S. The summed E-state index contributed by atoms with van der Waals surface area (Å²) in [6.07, 6.45) is 1.34. The van der Waals surface area contributed by atoms with Gasteiger partial charge in [-0.1, -0.05) is 66.4 Å². The van der Waals surface area contributed by atoms with Gasteiger partial charge in [-0.05, 0) is 35.4 Å². The number of benzene rings is 3. The van der Waals surface area contributed by atoms with Crippen LogP contribution in [0.5, 0.6) is 0 Å². The molecule has 3 N–H and O–H groups in total. The molecule has 8 nitrogen and oxygen atoms in total. The van der Waals surface area contributed by atoms with Crippen molar-refractivity contribution in [1.29, 1.82) is 0 Å². The number of hydrogen-bond donors (Lipinski definition) is 3. The van der Waals surface area contributed by atoms with Crippen molar-refractivity contribution in [2.24, 2.45) is 0 Å². The predicted octanol–water partition coefficient (Wildman–Crippen LogP) is 4.89. The van der Waals surface area contributed by atoms with Crippen molar-refractivity contribution in [3.05, 3.63) is 107 Å². The highest BCUT2D eigenvalue weighted by Crippen LogP contribution is 2.39. The van der Waals surface area contributed by atoms with Crippen LogP contribution < -0.4 is 5.32 Å². The van der Waals surface area contributed by atoms with Crippen molar-refractivity contribution in [3.63, 3.8) is 0 Å². The molecule has 36 heavy (non-hydrogen) atoms. The van der Waals surface area contributed by atoms with E-state index in [1.165, 1.54) is 6.33 Å². The number of aliphatic hydroxyl groups is 1. The zero-order chi connectivity index (χ0) is 24.7. The molecule has 5 rings (SSSR count). The maximum Gasteiger partial charge on any atom is 0.255 e. The Balaban J connectivity index is 1.30. The molecule has 0 unspecified atom stereocenters. The molecule has 184 valence electrons. The quantitative estimate of drug-likeness (QED) is 0.294. The molecule has 1 aliphatic heterocycles. The summed E-state index contributed by atoms with van der Waals surface area (Å²) in [4.78, 5) is 16.6. The number of nitrogens with one attached hydrogen (secondary N) is 2. The third kappa shape index (κ3) is 6.00. The molecule has 0 spiro atoms. The first-order valence-electron chi connectivity index (χ1n) is 11.6. The fourth-order valence-corrected chi connectivity index (χ4v) is 4.77. The number of aromatic amines is 1. The van der Waals surface area contributed by atoms with E-state index in [0.29, 0.717) is 23.4 Å². The average Bonchev–Trinajstić information content (AvgIpc) is 3.46. The van der Waals surface area contributed by atoms with Crippen molar-refractivity contribution in [3.8, 4) is 0 Å². The lowest BCUT2D eigenvalue weighted by Crippen LogP contribution is -2.31. The minimum Gasteiger partial charge on any atom is -0.392 e. The van der Waals surface area contributed by atoms with Crippen LogP contribution in [-0.2, 0) is 16.1 Å². The number of anilines is 1. The Morgan fingerprint density at radius 1 is 1.00 bits per heavy atom. The van der Waals surface area contributed by atoms with E-state index in [0.717, 1.165) is 21.8 Å². The van der Waals surface area contributed by atoms with Gasteiger partial charge in [-0.25, -0.2) is 4.98 Å². The molecule has 9 heteroatoms. The van der Waals surface area contributed by atoms with Crippen molar-refractivity contribution in [1.82, 2.24) is 15.2 Å². The summed E-state index contributed by atoms with van der Waals surface area (Å²) in [5.41, 5.74) is 4.04. The van der Waals surface area contributed by atoms with Crippen LogP contribution in [0.15, 0.2) is 90.3 Å². The summed E-state index contributed by atoms with van der Waals surface area (Å²) >= 11 is 1.55. The molecule has 1 aliphatic rings. The van der Waals surface area contributed by atoms with Gasteiger partial charge < -0.3 is 19.9 Å². The second-order valence-corrected chi connectivity index (χ2v) is 9.40. The SMILES string of the molecule is O=C(Nc1ccc([C@H]2O[C@@H](CSc3ncn[nH]3)C[C@@H](c3ccc(CO)cc3)O2)cc1)c1ccccc1. The van der Waals surface area contributed by atoms with E-state index >= 15 is 0 Å². The summed E-state index contributed by atoms with van der Waals surface area (Å²) in [5, 5.41) is 19.8. The maximum absolute atomic E-state index is 12.5. The molecule has 0 bridgehead atoms. The van der Waals surface area contributed by atoms with E-state index in [4.69, 9.17) is 9.47 Å². The van der Waals surface area contributed by atoms with Gasteiger partial charge in [-0.3, -0.25) is 9.89 Å². The Morgan fingerprint density at radius 3 is 2.44 bits per heavy atom. The first kappa shape index (κ1) is 24.2. The van der Waals surface area contributed by atoms with Crippen LogP contribution in [0.25, 0.3) is 0 Å². The number of hydrogen-bond acceptors (Lipinski definition) is 7. The number of amides is 1. The van der Waals surface area contributed by atoms with E-state index in [2.05, 4.69) is 20.5 Å². The van der Waals surface area contributed by atoms with Crippen LogP contribution in [0, 0.1) is 0 Å². The Bertz CT molecular complexity index is 1250. The lowest BCUT2D eigenvalue weighted by Gasteiger charge is -2.36. The fourth-order valence-electron chi connectivity index (χ4n) is 3.97. The van der Waals surface area contributed by atoms with Gasteiger partial charge in [0.2, 0.25) is 0 Å². The number of nitrogens with zero attached hydrogens (tertiary/aromatic N) is 2. The van der Waals surface area contributed by atoms with Crippen molar-refractivity contribution in [2.45, 2.75) is 36.7 Å². The molecule has 1 aromatic heterocycles. The molecule has 1 amide bonds. The van der Waals surface area contributed by atoms with Crippen molar-refractivity contribution in [2.75, 3.05) is 11.1 Å². The molecule has 1 fully saturated rings. The molecule has 3 aromatic carbocycles. The van der Waals surface area contributed by atoms with Crippen molar-refractivity contribution >= 4 is 23.4 Å². The largest absolute Gasteiger partial charge is 0.392 e. The summed E-state index contributed by atoms with van der Waals surface area (Å²) < 4.78 is 12.7. The number of carbonyl (C=O) groups is 1. The van der Waals surface area contributed by atoms with E-state index in [1.54, 1.807) is 23.9 Å². The molecular weight excluding hydrogens is 476 g/mol. The Hall–Kier alpha value is -3.50. The third-order valence-corrected chi connectivity index (χ3v) is 6.90. The topological polar surface area (TPSA) is 109 Å². The molecule has 0 saturated carbocycles. The monoisotopic (exact) mass is 502 g/mol. The van der Waals surface area contributed by atoms with Gasteiger partial charge in [0.05, 0.1) is 18.8 Å². The Labute approximate surface area is 213 Å². The third-order valence-electron chi connectivity index (χ3n) is 5.89. The maximum atomic E-state index is 12.5. The molecule has 2 heterocycles. The highest BCUT2D eigenvalue weighted by atomic mass is 32.2. The first-order valence-corrected chi connectivity index (χ1v) is 12.6. The van der Waals surface area contributed by atoms with Crippen LogP contribution in [0.1, 0.15) is 45.9 Å². The predicted molar refractivity (Wildman–Crippen MR) is 136 cm³/mol. The highest BCUT2D eigenvalue weighted by molar-refractivity contribution is 7.99. The molecule has 3 atom stereocenters. The Morgan fingerprint density at radius 2 is 1.75 bits per heavy atom. The normalized spacial score (nSPS) is 19.6. The number of thioether (sulfide) groups is 1. The second kappa shape index (κ2) is 11.5. The van der Waals surface area contributed by atoms with E-state index < -0.39 is 6.29 Å². The Kier molecular flexibility index (Phi) is 7.73. The minimum atomic E-state index is -0.569. The van der Waals surface area contributed by atoms with Gasteiger partial charge in [0.25, 0.3) is 5.91 Å². The number of carbonyl (C=O) groups excluding carboxylic acids is 1. The van der Waals surface area contributed by atoms with Crippen LogP contribution in [0.2, 0.25) is 0 Å². The zero-order valence-corrected chi connectivity index (χ0v) is 20.2. The van der Waals surface area contributed by atoms with Gasteiger partial charge in [0.15, 0.2) is 11.4 Å². The van der Waals surface area contributed by atoms with Gasteiger partial charge in [0, 0.05) is 29.0 Å². The van der Waals surface area contributed by atoms with E-state index in [1.807, 2.05) is 66.7 Å². The lowest BCUT2D eigenvalue weighted by atomic mass is 10.0. The molecule has 0 aliphatic carbocycles. The summed E-state index contributed by atoms with van der Waals surface area (Å²) in [6.45, 7) is 0.00114.